The minimum Gasteiger partial charge on any atom is -0.506 e. The Morgan fingerprint density at radius 2 is 1.92 bits per heavy atom. The van der Waals surface area contributed by atoms with Gasteiger partial charge >= 0.3 is 0 Å². The van der Waals surface area contributed by atoms with Crippen molar-refractivity contribution < 1.29 is 9.50 Å². The number of hydrogen-bond donors (Lipinski definition) is 2. The Labute approximate surface area is 143 Å². The fraction of sp³-hybridized carbons (Fsp3) is 0.632. The van der Waals surface area contributed by atoms with Crippen molar-refractivity contribution >= 4 is 11.6 Å². The zero-order chi connectivity index (χ0) is 16.9. The molecule has 4 nitrogen and oxygen atoms in total. The van der Waals surface area contributed by atoms with Crippen LogP contribution in [0.25, 0.3) is 0 Å². The summed E-state index contributed by atoms with van der Waals surface area (Å²) in [6.07, 6.45) is 8.37. The first-order valence-electron chi connectivity index (χ1n) is 9.22. The molecule has 1 saturated heterocycles. The SMILES string of the molecule is CC1CCCCC1N=C(Nc1cc(F)ccc1O)N1CCCCC1. The molecule has 2 fully saturated rings. The van der Waals surface area contributed by atoms with Crippen LogP contribution in [-0.4, -0.2) is 35.1 Å². The summed E-state index contributed by atoms with van der Waals surface area (Å²) < 4.78 is 13.6. The molecule has 3 rings (SSSR count). The second-order valence-electron chi connectivity index (χ2n) is 7.12. The third-order valence-electron chi connectivity index (χ3n) is 5.21. The van der Waals surface area contributed by atoms with Gasteiger partial charge in [-0.2, -0.15) is 0 Å². The Morgan fingerprint density at radius 3 is 2.67 bits per heavy atom. The van der Waals surface area contributed by atoms with Crippen molar-refractivity contribution in [3.63, 3.8) is 0 Å². The second-order valence-corrected chi connectivity index (χ2v) is 7.12. The number of piperidine rings is 1. The molecule has 2 N–H and O–H groups in total. The smallest absolute Gasteiger partial charge is 0.198 e. The van der Waals surface area contributed by atoms with Gasteiger partial charge < -0.3 is 15.3 Å². The average Bonchev–Trinajstić information content (AvgIpc) is 2.60. The molecule has 2 aliphatic rings. The molecule has 2 atom stereocenters. The predicted molar refractivity (Wildman–Crippen MR) is 96.0 cm³/mol. The summed E-state index contributed by atoms with van der Waals surface area (Å²) >= 11 is 0. The first kappa shape index (κ1) is 17.1. The Balaban J connectivity index is 1.84. The topological polar surface area (TPSA) is 47.9 Å². The van der Waals surface area contributed by atoms with E-state index in [0.717, 1.165) is 38.3 Å². The molecular formula is C19H28FN3O. The van der Waals surface area contributed by atoms with Crippen LogP contribution < -0.4 is 5.32 Å². The van der Waals surface area contributed by atoms with Crippen molar-refractivity contribution in [3.05, 3.63) is 24.0 Å². The highest BCUT2D eigenvalue weighted by molar-refractivity contribution is 5.95. The predicted octanol–water partition coefficient (Wildman–Crippen LogP) is 4.36. The van der Waals surface area contributed by atoms with Crippen molar-refractivity contribution in [1.82, 2.24) is 4.90 Å². The first-order valence-corrected chi connectivity index (χ1v) is 9.22. The summed E-state index contributed by atoms with van der Waals surface area (Å²) in [5.74, 6) is 1.05. The molecule has 1 saturated carbocycles. The number of nitrogens with zero attached hydrogens (tertiary/aromatic N) is 2. The van der Waals surface area contributed by atoms with E-state index in [2.05, 4.69) is 17.1 Å². The van der Waals surface area contributed by atoms with Gasteiger partial charge in [0.1, 0.15) is 11.6 Å². The Kier molecular flexibility index (Phi) is 5.59. The third-order valence-corrected chi connectivity index (χ3v) is 5.21. The van der Waals surface area contributed by atoms with Crippen molar-refractivity contribution in [2.24, 2.45) is 10.9 Å². The minimum absolute atomic E-state index is 0.0535. The standard InChI is InChI=1S/C19H28FN3O/c1-14-7-3-4-8-16(14)21-19(23-11-5-2-6-12-23)22-17-13-15(20)9-10-18(17)24/h9-10,13-14,16,24H,2-8,11-12H2,1H3,(H,21,22). The van der Waals surface area contributed by atoms with Gasteiger partial charge in [0.15, 0.2) is 5.96 Å². The molecule has 0 spiro atoms. The fourth-order valence-electron chi connectivity index (χ4n) is 3.67. The fourth-order valence-corrected chi connectivity index (χ4v) is 3.67. The maximum absolute atomic E-state index is 13.6. The van der Waals surface area contributed by atoms with Gasteiger partial charge in [-0.25, -0.2) is 9.38 Å². The van der Waals surface area contributed by atoms with E-state index < -0.39 is 0 Å². The lowest BCUT2D eigenvalue weighted by Gasteiger charge is -2.33. The van der Waals surface area contributed by atoms with Crippen molar-refractivity contribution in [2.75, 3.05) is 18.4 Å². The zero-order valence-electron chi connectivity index (χ0n) is 14.5. The number of phenolic OH excluding ortho intramolecular Hbond substituents is 1. The lowest BCUT2D eigenvalue weighted by Crippen LogP contribution is -2.41. The molecule has 0 aromatic heterocycles. The van der Waals surface area contributed by atoms with Crippen LogP contribution in [0.5, 0.6) is 5.75 Å². The number of nitrogens with one attached hydrogen (secondary N) is 1. The molecular weight excluding hydrogens is 305 g/mol. The van der Waals surface area contributed by atoms with Gasteiger partial charge in [-0.05, 0) is 50.2 Å². The average molecular weight is 333 g/mol. The molecule has 132 valence electrons. The highest BCUT2D eigenvalue weighted by atomic mass is 19.1. The van der Waals surface area contributed by atoms with Crippen LogP contribution in [0.3, 0.4) is 0 Å². The van der Waals surface area contributed by atoms with Crippen LogP contribution in [0.4, 0.5) is 10.1 Å². The number of benzene rings is 1. The summed E-state index contributed by atoms with van der Waals surface area (Å²) in [5, 5.41) is 13.2. The van der Waals surface area contributed by atoms with E-state index in [1.807, 2.05) is 0 Å². The molecule has 2 unspecified atom stereocenters. The number of phenols is 1. The normalized spacial score (nSPS) is 25.6. The number of likely N-dealkylation sites (tertiary alicyclic amines) is 1. The summed E-state index contributed by atoms with van der Waals surface area (Å²) in [4.78, 5) is 7.25. The Bertz CT molecular complexity index is 584. The zero-order valence-corrected chi connectivity index (χ0v) is 14.5. The molecule has 1 heterocycles. The molecule has 1 aliphatic heterocycles. The molecule has 1 aromatic rings. The van der Waals surface area contributed by atoms with Crippen LogP contribution >= 0.6 is 0 Å². The highest BCUT2D eigenvalue weighted by Crippen LogP contribution is 2.28. The maximum Gasteiger partial charge on any atom is 0.198 e. The molecule has 1 aliphatic carbocycles. The van der Waals surface area contributed by atoms with Crippen molar-refractivity contribution in [1.29, 1.82) is 0 Å². The molecule has 0 bridgehead atoms. The number of guanidine groups is 1. The minimum atomic E-state index is -0.362. The monoisotopic (exact) mass is 333 g/mol. The van der Waals surface area contributed by atoms with E-state index in [0.29, 0.717) is 17.6 Å². The van der Waals surface area contributed by atoms with Gasteiger partial charge in [0.25, 0.3) is 0 Å². The number of anilines is 1. The maximum atomic E-state index is 13.6. The molecule has 1 aromatic carbocycles. The van der Waals surface area contributed by atoms with Gasteiger partial charge in [0.05, 0.1) is 11.7 Å². The van der Waals surface area contributed by atoms with Crippen molar-refractivity contribution in [2.45, 2.75) is 57.9 Å². The summed E-state index contributed by atoms with van der Waals surface area (Å²) in [5.41, 5.74) is 0.391. The van der Waals surface area contributed by atoms with E-state index in [4.69, 9.17) is 4.99 Å². The second kappa shape index (κ2) is 7.86. The Hall–Kier alpha value is -1.78. The van der Waals surface area contributed by atoms with Gasteiger partial charge in [-0.3, -0.25) is 0 Å². The van der Waals surface area contributed by atoms with E-state index in [1.165, 1.54) is 43.9 Å². The van der Waals surface area contributed by atoms with Gasteiger partial charge in [0.2, 0.25) is 0 Å². The summed E-state index contributed by atoms with van der Waals surface area (Å²) in [6, 6.07) is 4.29. The van der Waals surface area contributed by atoms with E-state index in [9.17, 15) is 9.50 Å². The third kappa shape index (κ3) is 4.19. The number of hydrogen-bond acceptors (Lipinski definition) is 2. The van der Waals surface area contributed by atoms with Gasteiger partial charge in [-0.1, -0.05) is 19.8 Å². The Morgan fingerprint density at radius 1 is 1.17 bits per heavy atom. The molecule has 24 heavy (non-hydrogen) atoms. The largest absolute Gasteiger partial charge is 0.506 e. The van der Waals surface area contributed by atoms with Gasteiger partial charge in [-0.15, -0.1) is 0 Å². The molecule has 0 amide bonds. The first-order chi connectivity index (χ1) is 11.6. The number of halogens is 1. The van der Waals surface area contributed by atoms with Crippen LogP contribution in [-0.2, 0) is 0 Å². The van der Waals surface area contributed by atoms with E-state index in [1.54, 1.807) is 0 Å². The van der Waals surface area contributed by atoms with Gasteiger partial charge in [0, 0.05) is 19.2 Å². The summed E-state index contributed by atoms with van der Waals surface area (Å²) in [6.45, 7) is 4.19. The van der Waals surface area contributed by atoms with Crippen LogP contribution in [0.1, 0.15) is 51.9 Å². The number of aromatic hydroxyl groups is 1. The number of aliphatic imine (C=N–C) groups is 1. The van der Waals surface area contributed by atoms with Crippen LogP contribution in [0.2, 0.25) is 0 Å². The lowest BCUT2D eigenvalue weighted by atomic mass is 9.86. The highest BCUT2D eigenvalue weighted by Gasteiger charge is 2.24. The van der Waals surface area contributed by atoms with Crippen LogP contribution in [0.15, 0.2) is 23.2 Å². The van der Waals surface area contributed by atoms with Crippen LogP contribution in [0, 0.1) is 11.7 Å². The number of rotatable bonds is 2. The molecule has 5 heteroatoms. The lowest BCUT2D eigenvalue weighted by molar-refractivity contribution is 0.314. The van der Waals surface area contributed by atoms with Crippen molar-refractivity contribution in [3.8, 4) is 5.75 Å². The van der Waals surface area contributed by atoms with E-state index >= 15 is 0 Å². The molecule has 0 radical (unpaired) electrons. The van der Waals surface area contributed by atoms with E-state index in [-0.39, 0.29) is 11.6 Å². The summed E-state index contributed by atoms with van der Waals surface area (Å²) in [7, 11) is 0. The quantitative estimate of drug-likeness (QED) is 0.480.